The Hall–Kier alpha value is -5.87. The minimum atomic E-state index is -1.42. The van der Waals surface area contributed by atoms with Gasteiger partial charge in [0.15, 0.2) is 5.78 Å². The van der Waals surface area contributed by atoms with Gasteiger partial charge in [-0.3, -0.25) is 14.4 Å². The van der Waals surface area contributed by atoms with E-state index in [1.165, 1.54) is 4.90 Å². The summed E-state index contributed by atoms with van der Waals surface area (Å²) in [7, 11) is 0. The summed E-state index contributed by atoms with van der Waals surface area (Å²) in [5.74, 6) is -2.70. The first-order valence-corrected chi connectivity index (χ1v) is 16.0. The van der Waals surface area contributed by atoms with Gasteiger partial charge in [-0.05, 0) is 44.9 Å². The molecule has 47 heavy (non-hydrogen) atoms. The van der Waals surface area contributed by atoms with Crippen LogP contribution in [0.25, 0.3) is 21.9 Å². The first kappa shape index (κ1) is 27.4. The molecule has 9 rings (SSSR count). The van der Waals surface area contributed by atoms with Gasteiger partial charge >= 0.3 is 0 Å². The van der Waals surface area contributed by atoms with Crippen molar-refractivity contribution in [2.45, 2.75) is 10.8 Å². The second-order valence-corrected chi connectivity index (χ2v) is 12.6. The Labute approximate surface area is 272 Å². The molecule has 1 saturated heterocycles. The number of hydrogen-bond donors (Lipinski definition) is 0. The lowest BCUT2D eigenvalue weighted by molar-refractivity contribution is -0.130. The minimum absolute atomic E-state index is 0.116. The molecule has 4 nitrogen and oxygen atoms in total. The number of ketones is 1. The molecule has 2 bridgehead atoms. The van der Waals surface area contributed by atoms with Crippen LogP contribution in [0.3, 0.4) is 0 Å². The Morgan fingerprint density at radius 1 is 0.426 bits per heavy atom. The van der Waals surface area contributed by atoms with Crippen molar-refractivity contribution in [3.8, 4) is 0 Å². The van der Waals surface area contributed by atoms with Crippen LogP contribution in [0.5, 0.6) is 0 Å². The van der Waals surface area contributed by atoms with E-state index < -0.39 is 22.7 Å². The zero-order chi connectivity index (χ0) is 31.8. The fourth-order valence-electron chi connectivity index (χ4n) is 8.97. The van der Waals surface area contributed by atoms with Gasteiger partial charge in [-0.2, -0.15) is 0 Å². The van der Waals surface area contributed by atoms with E-state index in [-0.39, 0.29) is 17.6 Å². The lowest BCUT2D eigenvalue weighted by Gasteiger charge is -2.39. The first-order chi connectivity index (χ1) is 23.1. The van der Waals surface area contributed by atoms with Crippen LogP contribution < -0.4 is 4.90 Å². The molecule has 1 heterocycles. The number of fused-ring (bicyclic) bond motifs is 6. The van der Waals surface area contributed by atoms with E-state index >= 15 is 14.4 Å². The second-order valence-electron chi connectivity index (χ2n) is 12.6. The Kier molecular flexibility index (Phi) is 5.88. The molecule has 0 unspecified atom stereocenters. The van der Waals surface area contributed by atoms with Crippen molar-refractivity contribution < 1.29 is 14.4 Å². The van der Waals surface area contributed by atoms with Crippen molar-refractivity contribution in [2.75, 3.05) is 4.90 Å². The highest BCUT2D eigenvalue weighted by Gasteiger charge is 2.82. The number of rotatable bonds is 5. The standard InChI is InChI=1S/C43H29NO3/c45-39-37-38(40(46)44(39)34-27-15-21-28-16-13-14-26-33(28)34)43(32-24-11-4-12-25-32)36(30-19-7-2-8-20-30)35(29-17-5-1-6-18-29)42(37,41(43)47)31-22-9-3-10-23-31/h1-27,37-38H/t37-,38-,42+,43+/m1/s1. The molecule has 0 N–H and O–H groups in total. The second kappa shape index (κ2) is 10.1. The summed E-state index contributed by atoms with van der Waals surface area (Å²) in [6, 6.07) is 52.7. The van der Waals surface area contributed by atoms with Gasteiger partial charge in [0.2, 0.25) is 11.8 Å². The third kappa shape index (κ3) is 3.39. The number of allylic oxidation sites excluding steroid dienone is 2. The van der Waals surface area contributed by atoms with Gasteiger partial charge < -0.3 is 0 Å². The van der Waals surface area contributed by atoms with Crippen molar-refractivity contribution in [3.63, 3.8) is 0 Å². The van der Waals surface area contributed by atoms with Gasteiger partial charge in [-0.15, -0.1) is 0 Å². The number of Topliss-reactive ketones (excluding diaryl/α,β-unsaturated/α-hetero) is 1. The fourth-order valence-corrected chi connectivity index (χ4v) is 8.97. The Morgan fingerprint density at radius 2 is 0.830 bits per heavy atom. The van der Waals surface area contributed by atoms with Crippen LogP contribution in [-0.2, 0) is 25.2 Å². The van der Waals surface area contributed by atoms with E-state index in [0.29, 0.717) is 5.69 Å². The number of amides is 2. The summed E-state index contributed by atoms with van der Waals surface area (Å²) in [6.45, 7) is 0. The smallest absolute Gasteiger partial charge is 0.239 e. The van der Waals surface area contributed by atoms with E-state index in [1.807, 2.05) is 164 Å². The maximum atomic E-state index is 16.0. The molecule has 6 aromatic rings. The van der Waals surface area contributed by atoms with E-state index in [2.05, 4.69) is 0 Å². The monoisotopic (exact) mass is 607 g/mol. The Bertz CT molecular complexity index is 2140. The van der Waals surface area contributed by atoms with Gasteiger partial charge in [0.1, 0.15) is 0 Å². The topological polar surface area (TPSA) is 54.5 Å². The molecule has 4 heteroatoms. The molecule has 2 amide bonds. The predicted octanol–water partition coefficient (Wildman–Crippen LogP) is 8.03. The Balaban J connectivity index is 1.45. The van der Waals surface area contributed by atoms with Crippen LogP contribution in [0.2, 0.25) is 0 Å². The predicted molar refractivity (Wildman–Crippen MR) is 184 cm³/mol. The first-order valence-electron chi connectivity index (χ1n) is 16.0. The number of hydrogen-bond acceptors (Lipinski definition) is 3. The minimum Gasteiger partial charge on any atom is -0.297 e. The maximum absolute atomic E-state index is 16.0. The van der Waals surface area contributed by atoms with E-state index in [9.17, 15) is 0 Å². The molecule has 6 aromatic carbocycles. The average Bonchev–Trinajstić information content (AvgIpc) is 3.65. The highest BCUT2D eigenvalue weighted by atomic mass is 16.2. The van der Waals surface area contributed by atoms with Crippen molar-refractivity contribution in [3.05, 3.63) is 186 Å². The number of nitrogens with zero attached hydrogens (tertiary/aromatic N) is 1. The molecule has 224 valence electrons. The average molecular weight is 608 g/mol. The number of carbonyl (C=O) groups is 3. The van der Waals surface area contributed by atoms with Gasteiger partial charge in [-0.1, -0.05) is 158 Å². The van der Waals surface area contributed by atoms with Gasteiger partial charge in [0.05, 0.1) is 28.4 Å². The van der Waals surface area contributed by atoms with Crippen molar-refractivity contribution in [2.24, 2.45) is 11.8 Å². The summed E-state index contributed by atoms with van der Waals surface area (Å²) < 4.78 is 0. The van der Waals surface area contributed by atoms with Crippen LogP contribution in [-0.4, -0.2) is 17.6 Å². The van der Waals surface area contributed by atoms with Crippen LogP contribution in [0.1, 0.15) is 22.3 Å². The largest absolute Gasteiger partial charge is 0.297 e. The van der Waals surface area contributed by atoms with E-state index in [0.717, 1.165) is 44.2 Å². The summed E-state index contributed by atoms with van der Waals surface area (Å²) >= 11 is 0. The molecule has 0 spiro atoms. The quantitative estimate of drug-likeness (QED) is 0.187. The lowest BCUT2D eigenvalue weighted by Crippen LogP contribution is -2.45. The normalized spacial score (nSPS) is 24.8. The number of benzene rings is 6. The molecular formula is C43H29NO3. The summed E-state index contributed by atoms with van der Waals surface area (Å²) in [6.07, 6.45) is 0. The van der Waals surface area contributed by atoms with Gasteiger partial charge in [0, 0.05) is 5.39 Å². The van der Waals surface area contributed by atoms with Crippen LogP contribution in [0.4, 0.5) is 5.69 Å². The van der Waals surface area contributed by atoms with Crippen molar-refractivity contribution >= 4 is 45.2 Å². The zero-order valence-corrected chi connectivity index (χ0v) is 25.4. The molecule has 2 aliphatic carbocycles. The molecular weight excluding hydrogens is 578 g/mol. The van der Waals surface area contributed by atoms with Crippen molar-refractivity contribution in [1.82, 2.24) is 0 Å². The fraction of sp³-hybridized carbons (Fsp3) is 0.0930. The van der Waals surface area contributed by atoms with Crippen LogP contribution in [0, 0.1) is 11.8 Å². The molecule has 2 fully saturated rings. The highest BCUT2D eigenvalue weighted by molar-refractivity contribution is 6.39. The molecule has 4 atom stereocenters. The summed E-state index contributed by atoms with van der Waals surface area (Å²) in [4.78, 5) is 47.9. The molecule has 1 aliphatic heterocycles. The van der Waals surface area contributed by atoms with Crippen LogP contribution in [0.15, 0.2) is 164 Å². The third-order valence-corrected chi connectivity index (χ3v) is 10.6. The van der Waals surface area contributed by atoms with Crippen molar-refractivity contribution in [1.29, 1.82) is 0 Å². The number of anilines is 1. The third-order valence-electron chi connectivity index (χ3n) is 10.6. The maximum Gasteiger partial charge on any atom is 0.239 e. The lowest BCUT2D eigenvalue weighted by atomic mass is 9.59. The SMILES string of the molecule is O=C1[C@H]2[C@H](C(=O)N1c1cccc3ccccc13)[C@@]1(c3ccccc3)C(=O)[C@@]2(c2ccccc2)C(c2ccccc2)=C1c1ccccc1. The van der Waals surface area contributed by atoms with Gasteiger partial charge in [0.25, 0.3) is 0 Å². The molecule has 0 radical (unpaired) electrons. The van der Waals surface area contributed by atoms with Crippen LogP contribution >= 0.6 is 0 Å². The Morgan fingerprint density at radius 3 is 1.32 bits per heavy atom. The van der Waals surface area contributed by atoms with E-state index in [1.54, 1.807) is 0 Å². The van der Waals surface area contributed by atoms with Gasteiger partial charge in [-0.25, -0.2) is 4.90 Å². The molecule has 1 saturated carbocycles. The number of carbonyl (C=O) groups excluding carboxylic acids is 3. The highest BCUT2D eigenvalue weighted by Crippen LogP contribution is 2.74. The zero-order valence-electron chi connectivity index (χ0n) is 25.4. The molecule has 0 aromatic heterocycles. The molecule has 3 aliphatic rings. The van der Waals surface area contributed by atoms with E-state index in [4.69, 9.17) is 0 Å². The summed E-state index contributed by atoms with van der Waals surface area (Å²) in [5.41, 5.74) is 2.49. The number of imide groups is 1. The summed E-state index contributed by atoms with van der Waals surface area (Å²) in [5, 5.41) is 1.75.